The van der Waals surface area contributed by atoms with Gasteiger partial charge < -0.3 is 0 Å². The summed E-state index contributed by atoms with van der Waals surface area (Å²) in [6.45, 7) is 0. The Labute approximate surface area is 141 Å². The van der Waals surface area contributed by atoms with E-state index >= 15 is 0 Å². The highest BCUT2D eigenvalue weighted by Crippen LogP contribution is 2.61. The molecule has 2 aliphatic carbocycles. The van der Waals surface area contributed by atoms with Gasteiger partial charge in [0.05, 0.1) is 0 Å². The van der Waals surface area contributed by atoms with Gasteiger partial charge in [-0.05, 0) is 83.1 Å². The number of rotatable bonds is 5. The standard InChI is InChI=1S/C22H26S/c1-23(21-8-4-2-5-9-21,22-10-6-3-7-11-22)15-14-20-17-18-12-13-19(20)16-18/h2-13,18-20H,14-17H2,1H3. The predicted molar refractivity (Wildman–Crippen MR) is 101 cm³/mol. The van der Waals surface area contributed by atoms with Crippen LogP contribution in [0, 0.1) is 17.8 Å². The van der Waals surface area contributed by atoms with Gasteiger partial charge in [-0.2, -0.15) is 10.0 Å². The van der Waals surface area contributed by atoms with E-state index in [1.165, 1.54) is 34.8 Å². The molecule has 0 N–H and O–H groups in total. The van der Waals surface area contributed by atoms with Crippen molar-refractivity contribution in [2.75, 3.05) is 12.0 Å². The summed E-state index contributed by atoms with van der Waals surface area (Å²) < 4.78 is 0. The summed E-state index contributed by atoms with van der Waals surface area (Å²) in [5, 5.41) is 0. The molecule has 1 heteroatoms. The number of hydrogen-bond acceptors (Lipinski definition) is 0. The first kappa shape index (κ1) is 15.1. The molecule has 0 aromatic heterocycles. The summed E-state index contributed by atoms with van der Waals surface area (Å²) in [7, 11) is -0.925. The first-order chi connectivity index (χ1) is 11.3. The molecule has 4 rings (SSSR count). The fourth-order valence-electron chi connectivity index (χ4n) is 4.43. The molecule has 0 radical (unpaired) electrons. The minimum Gasteiger partial charge on any atom is -0.191 e. The third-order valence-corrected chi connectivity index (χ3v) is 9.52. The molecular weight excluding hydrogens is 296 g/mol. The van der Waals surface area contributed by atoms with Crippen LogP contribution in [0.1, 0.15) is 19.3 Å². The van der Waals surface area contributed by atoms with Gasteiger partial charge in [-0.15, -0.1) is 0 Å². The first-order valence-electron chi connectivity index (χ1n) is 8.80. The molecule has 2 aliphatic rings. The van der Waals surface area contributed by atoms with Crippen molar-refractivity contribution in [2.24, 2.45) is 17.8 Å². The summed E-state index contributed by atoms with van der Waals surface area (Å²) in [6.07, 6.45) is 11.7. The van der Waals surface area contributed by atoms with E-state index in [-0.39, 0.29) is 0 Å². The highest BCUT2D eigenvalue weighted by Gasteiger charge is 2.36. The zero-order valence-electron chi connectivity index (χ0n) is 13.9. The van der Waals surface area contributed by atoms with Crippen LogP contribution in [-0.2, 0) is 0 Å². The molecule has 0 amide bonds. The van der Waals surface area contributed by atoms with E-state index in [1.54, 1.807) is 0 Å². The Balaban J connectivity index is 1.59. The lowest BCUT2D eigenvalue weighted by atomic mass is 9.91. The smallest absolute Gasteiger partial charge is 0.00617 e. The minimum atomic E-state index is -0.925. The van der Waals surface area contributed by atoms with Crippen LogP contribution < -0.4 is 0 Å². The van der Waals surface area contributed by atoms with Crippen LogP contribution in [0.15, 0.2) is 82.6 Å². The van der Waals surface area contributed by atoms with E-state index in [4.69, 9.17) is 0 Å². The molecule has 3 unspecified atom stereocenters. The van der Waals surface area contributed by atoms with Gasteiger partial charge in [0.2, 0.25) is 0 Å². The monoisotopic (exact) mass is 322 g/mol. The predicted octanol–water partition coefficient (Wildman–Crippen LogP) is 6.14. The molecule has 0 aliphatic heterocycles. The van der Waals surface area contributed by atoms with Crippen LogP contribution in [-0.4, -0.2) is 12.0 Å². The fraction of sp³-hybridized carbons (Fsp3) is 0.364. The molecule has 0 spiro atoms. The molecule has 120 valence electrons. The van der Waals surface area contributed by atoms with Crippen LogP contribution in [0.3, 0.4) is 0 Å². The van der Waals surface area contributed by atoms with Gasteiger partial charge in [0.1, 0.15) is 0 Å². The number of fused-ring (bicyclic) bond motifs is 2. The fourth-order valence-corrected chi connectivity index (χ4v) is 7.46. The van der Waals surface area contributed by atoms with E-state index in [9.17, 15) is 0 Å². The molecule has 0 nitrogen and oxygen atoms in total. The Morgan fingerprint density at radius 3 is 1.91 bits per heavy atom. The van der Waals surface area contributed by atoms with Crippen molar-refractivity contribution in [3.63, 3.8) is 0 Å². The summed E-state index contributed by atoms with van der Waals surface area (Å²) >= 11 is 0. The molecule has 2 bridgehead atoms. The number of benzene rings is 2. The zero-order valence-corrected chi connectivity index (χ0v) is 14.7. The van der Waals surface area contributed by atoms with E-state index in [0.717, 1.165) is 17.8 Å². The Morgan fingerprint density at radius 2 is 1.43 bits per heavy atom. The van der Waals surface area contributed by atoms with Gasteiger partial charge >= 0.3 is 0 Å². The second kappa shape index (κ2) is 6.20. The third kappa shape index (κ3) is 2.87. The average Bonchev–Trinajstić information content (AvgIpc) is 3.24. The molecular formula is C22H26S. The van der Waals surface area contributed by atoms with Crippen molar-refractivity contribution in [3.05, 3.63) is 72.8 Å². The Hall–Kier alpha value is -1.47. The number of hydrogen-bond donors (Lipinski definition) is 0. The highest BCUT2D eigenvalue weighted by atomic mass is 32.3. The maximum Gasteiger partial charge on any atom is -0.00617 e. The Kier molecular flexibility index (Phi) is 4.07. The van der Waals surface area contributed by atoms with Gasteiger partial charge in [0.15, 0.2) is 0 Å². The van der Waals surface area contributed by atoms with Crippen molar-refractivity contribution < 1.29 is 0 Å². The van der Waals surface area contributed by atoms with E-state index in [1.807, 2.05) is 0 Å². The van der Waals surface area contributed by atoms with Crippen LogP contribution in [0.5, 0.6) is 0 Å². The minimum absolute atomic E-state index is 0.871. The topological polar surface area (TPSA) is 0 Å². The maximum absolute atomic E-state index is 2.51. The Morgan fingerprint density at radius 1 is 0.826 bits per heavy atom. The molecule has 23 heavy (non-hydrogen) atoms. The van der Waals surface area contributed by atoms with Gasteiger partial charge in [-0.3, -0.25) is 0 Å². The van der Waals surface area contributed by atoms with Crippen molar-refractivity contribution in [2.45, 2.75) is 29.1 Å². The quantitative estimate of drug-likeness (QED) is 0.580. The summed E-state index contributed by atoms with van der Waals surface area (Å²) in [4.78, 5) is 3.06. The SMILES string of the molecule is CS(CCC1CC2C=CC1C2)(c1ccccc1)c1ccccc1. The second-order valence-corrected chi connectivity index (χ2v) is 10.8. The van der Waals surface area contributed by atoms with Crippen LogP contribution in [0.2, 0.25) is 0 Å². The van der Waals surface area contributed by atoms with E-state index < -0.39 is 10.0 Å². The summed E-state index contributed by atoms with van der Waals surface area (Å²) in [5.41, 5.74) is 0. The van der Waals surface area contributed by atoms with Crippen LogP contribution in [0.25, 0.3) is 0 Å². The van der Waals surface area contributed by atoms with Gasteiger partial charge in [0, 0.05) is 0 Å². The molecule has 1 fully saturated rings. The third-order valence-electron chi connectivity index (χ3n) is 5.84. The van der Waals surface area contributed by atoms with E-state index in [2.05, 4.69) is 79.1 Å². The zero-order chi connectivity index (χ0) is 15.7. The molecule has 1 saturated carbocycles. The van der Waals surface area contributed by atoms with Gasteiger partial charge in [-0.1, -0.05) is 48.6 Å². The summed E-state index contributed by atoms with van der Waals surface area (Å²) in [6, 6.07) is 22.4. The van der Waals surface area contributed by atoms with Crippen molar-refractivity contribution >= 4 is 10.0 Å². The summed E-state index contributed by atoms with van der Waals surface area (Å²) in [5.74, 6) is 4.00. The van der Waals surface area contributed by atoms with Crippen molar-refractivity contribution in [3.8, 4) is 0 Å². The van der Waals surface area contributed by atoms with Gasteiger partial charge in [-0.25, -0.2) is 0 Å². The lowest BCUT2D eigenvalue weighted by Gasteiger charge is -2.38. The highest BCUT2D eigenvalue weighted by molar-refractivity contribution is 8.33. The average molecular weight is 323 g/mol. The number of allylic oxidation sites excluding steroid dienone is 2. The lowest BCUT2D eigenvalue weighted by molar-refractivity contribution is 0.437. The van der Waals surface area contributed by atoms with Crippen LogP contribution in [0.4, 0.5) is 0 Å². The molecule has 0 saturated heterocycles. The van der Waals surface area contributed by atoms with E-state index in [0.29, 0.717) is 0 Å². The molecule has 2 aromatic rings. The van der Waals surface area contributed by atoms with Crippen molar-refractivity contribution in [1.82, 2.24) is 0 Å². The molecule has 2 aromatic carbocycles. The lowest BCUT2D eigenvalue weighted by Crippen LogP contribution is -2.13. The molecule has 0 heterocycles. The van der Waals surface area contributed by atoms with Crippen LogP contribution >= 0.6 is 10.0 Å². The second-order valence-electron chi connectivity index (χ2n) is 7.25. The Bertz CT molecular complexity index is 634. The maximum atomic E-state index is 2.51. The normalized spacial score (nSPS) is 26.6. The molecule has 3 atom stereocenters. The van der Waals surface area contributed by atoms with Crippen molar-refractivity contribution in [1.29, 1.82) is 0 Å². The van der Waals surface area contributed by atoms with Gasteiger partial charge in [0.25, 0.3) is 0 Å². The first-order valence-corrected chi connectivity index (χ1v) is 11.0. The largest absolute Gasteiger partial charge is 0.191 e.